The van der Waals surface area contributed by atoms with E-state index in [4.69, 9.17) is 15.9 Å². The minimum Gasteiger partial charge on any atom is -0.449 e. The predicted molar refractivity (Wildman–Crippen MR) is 51.0 cm³/mol. The van der Waals surface area contributed by atoms with Gasteiger partial charge < -0.3 is 15.9 Å². The summed E-state index contributed by atoms with van der Waals surface area (Å²) in [5, 5.41) is 0. The van der Waals surface area contributed by atoms with Gasteiger partial charge in [-0.3, -0.25) is 9.59 Å². The average Bonchev–Trinajstić information content (AvgIpc) is 2.59. The number of amides is 2. The van der Waals surface area contributed by atoms with E-state index in [0.29, 0.717) is 11.1 Å². The Bertz CT molecular complexity index is 547. The number of carbonyl (C=O) groups excluding carboxylic acids is 2. The molecule has 0 aliphatic carbocycles. The first kappa shape index (κ1) is 9.20. The van der Waals surface area contributed by atoms with Crippen molar-refractivity contribution >= 4 is 22.9 Å². The molecule has 0 aromatic carbocycles. The second kappa shape index (κ2) is 3.09. The van der Waals surface area contributed by atoms with Crippen LogP contribution in [0.3, 0.4) is 0 Å². The second-order valence-electron chi connectivity index (χ2n) is 2.92. The Kier molecular flexibility index (Phi) is 1.89. The zero-order valence-electron chi connectivity index (χ0n) is 7.56. The van der Waals surface area contributed by atoms with Gasteiger partial charge in [-0.15, -0.1) is 0 Å². The third kappa shape index (κ3) is 1.52. The summed E-state index contributed by atoms with van der Waals surface area (Å²) in [6, 6.07) is 4.29. The van der Waals surface area contributed by atoms with Crippen LogP contribution in [0.5, 0.6) is 0 Å². The molecule has 0 unspecified atom stereocenters. The number of nitrogens with zero attached hydrogens (tertiary/aromatic N) is 1. The van der Waals surface area contributed by atoms with Crippen molar-refractivity contribution in [1.82, 2.24) is 4.98 Å². The SMILES string of the molecule is NC(=O)c1ccc2oc(C(N)=O)cc2n1. The van der Waals surface area contributed by atoms with E-state index in [9.17, 15) is 9.59 Å². The third-order valence-electron chi connectivity index (χ3n) is 1.87. The number of hydrogen-bond acceptors (Lipinski definition) is 4. The summed E-state index contributed by atoms with van der Waals surface area (Å²) in [5.41, 5.74) is 10.9. The summed E-state index contributed by atoms with van der Waals surface area (Å²) >= 11 is 0. The Morgan fingerprint density at radius 3 is 2.53 bits per heavy atom. The highest BCUT2D eigenvalue weighted by Gasteiger charge is 2.11. The molecular weight excluding hydrogens is 198 g/mol. The molecule has 0 radical (unpaired) electrons. The van der Waals surface area contributed by atoms with Crippen molar-refractivity contribution in [2.75, 3.05) is 0 Å². The highest BCUT2D eigenvalue weighted by molar-refractivity contribution is 5.96. The van der Waals surface area contributed by atoms with Crippen molar-refractivity contribution in [2.45, 2.75) is 0 Å². The number of nitrogens with two attached hydrogens (primary N) is 2. The summed E-state index contributed by atoms with van der Waals surface area (Å²) in [5.74, 6) is -1.33. The summed E-state index contributed by atoms with van der Waals surface area (Å²) in [6.07, 6.45) is 0. The van der Waals surface area contributed by atoms with Crippen LogP contribution in [-0.4, -0.2) is 16.8 Å². The van der Waals surface area contributed by atoms with E-state index in [1.807, 2.05) is 0 Å². The summed E-state index contributed by atoms with van der Waals surface area (Å²) in [7, 11) is 0. The number of fused-ring (bicyclic) bond motifs is 1. The van der Waals surface area contributed by atoms with E-state index >= 15 is 0 Å². The Morgan fingerprint density at radius 2 is 1.93 bits per heavy atom. The maximum absolute atomic E-state index is 10.8. The van der Waals surface area contributed by atoms with Crippen molar-refractivity contribution in [2.24, 2.45) is 11.5 Å². The van der Waals surface area contributed by atoms with Gasteiger partial charge in [-0.1, -0.05) is 0 Å². The molecule has 0 bridgehead atoms. The van der Waals surface area contributed by atoms with Gasteiger partial charge in [0, 0.05) is 6.07 Å². The fourth-order valence-electron chi connectivity index (χ4n) is 1.18. The quantitative estimate of drug-likeness (QED) is 0.719. The molecule has 0 atom stereocenters. The Balaban J connectivity index is 2.62. The van der Waals surface area contributed by atoms with Crippen LogP contribution in [-0.2, 0) is 0 Å². The van der Waals surface area contributed by atoms with Crippen LogP contribution in [0.25, 0.3) is 11.1 Å². The Morgan fingerprint density at radius 1 is 1.20 bits per heavy atom. The van der Waals surface area contributed by atoms with Crippen LogP contribution < -0.4 is 11.5 Å². The summed E-state index contributed by atoms with van der Waals surface area (Å²) in [4.78, 5) is 25.5. The van der Waals surface area contributed by atoms with Crippen molar-refractivity contribution in [1.29, 1.82) is 0 Å². The van der Waals surface area contributed by atoms with Crippen molar-refractivity contribution < 1.29 is 14.0 Å². The number of carbonyl (C=O) groups is 2. The van der Waals surface area contributed by atoms with E-state index < -0.39 is 11.8 Å². The maximum Gasteiger partial charge on any atom is 0.284 e. The largest absolute Gasteiger partial charge is 0.449 e. The molecule has 0 aliphatic rings. The van der Waals surface area contributed by atoms with Crippen molar-refractivity contribution in [3.8, 4) is 0 Å². The molecular formula is C9H7N3O3. The van der Waals surface area contributed by atoms with Gasteiger partial charge in [0.25, 0.3) is 11.8 Å². The molecule has 0 saturated carbocycles. The fourth-order valence-corrected chi connectivity index (χ4v) is 1.18. The lowest BCUT2D eigenvalue weighted by molar-refractivity contribution is 0.0973. The number of rotatable bonds is 2. The normalized spacial score (nSPS) is 10.4. The van der Waals surface area contributed by atoms with E-state index in [0.717, 1.165) is 0 Å². The van der Waals surface area contributed by atoms with Crippen LogP contribution in [0.1, 0.15) is 21.0 Å². The highest BCUT2D eigenvalue weighted by Crippen LogP contribution is 2.17. The van der Waals surface area contributed by atoms with Gasteiger partial charge in [0.15, 0.2) is 11.3 Å². The van der Waals surface area contributed by atoms with Crippen molar-refractivity contribution in [3.63, 3.8) is 0 Å². The first-order valence-corrected chi connectivity index (χ1v) is 4.08. The molecule has 2 aromatic rings. The monoisotopic (exact) mass is 205 g/mol. The van der Waals surface area contributed by atoms with Crippen LogP contribution in [0.15, 0.2) is 22.6 Å². The first-order chi connectivity index (χ1) is 7.08. The minimum absolute atomic E-state index is 0.000814. The van der Waals surface area contributed by atoms with Gasteiger partial charge in [-0.05, 0) is 12.1 Å². The van der Waals surface area contributed by atoms with Crippen LogP contribution in [0, 0.1) is 0 Å². The van der Waals surface area contributed by atoms with E-state index in [1.165, 1.54) is 18.2 Å². The highest BCUT2D eigenvalue weighted by atomic mass is 16.3. The number of aromatic nitrogens is 1. The van der Waals surface area contributed by atoms with E-state index in [-0.39, 0.29) is 11.5 Å². The molecule has 2 rings (SSSR count). The Labute approximate surface area is 83.9 Å². The summed E-state index contributed by atoms with van der Waals surface area (Å²) < 4.78 is 5.08. The minimum atomic E-state index is -0.686. The predicted octanol–water partition coefficient (Wildman–Crippen LogP) is 0.0256. The Hall–Kier alpha value is -2.37. The molecule has 4 N–H and O–H groups in total. The number of primary amides is 2. The van der Waals surface area contributed by atoms with Crippen molar-refractivity contribution in [3.05, 3.63) is 29.7 Å². The maximum atomic E-state index is 10.8. The van der Waals surface area contributed by atoms with Gasteiger partial charge in [0.2, 0.25) is 0 Å². The lowest BCUT2D eigenvalue weighted by Gasteiger charge is -1.92. The lowest BCUT2D eigenvalue weighted by Crippen LogP contribution is -2.12. The van der Waals surface area contributed by atoms with E-state index in [1.54, 1.807) is 0 Å². The molecule has 0 fully saturated rings. The molecule has 0 spiro atoms. The molecule has 0 saturated heterocycles. The smallest absolute Gasteiger partial charge is 0.284 e. The number of pyridine rings is 1. The van der Waals surface area contributed by atoms with Gasteiger partial charge in [-0.25, -0.2) is 4.98 Å². The van der Waals surface area contributed by atoms with Gasteiger partial charge in [0.05, 0.1) is 0 Å². The van der Waals surface area contributed by atoms with E-state index in [2.05, 4.69) is 4.98 Å². The molecule has 76 valence electrons. The topological polar surface area (TPSA) is 112 Å². The zero-order chi connectivity index (χ0) is 11.0. The van der Waals surface area contributed by atoms with Gasteiger partial charge >= 0.3 is 0 Å². The molecule has 2 heterocycles. The van der Waals surface area contributed by atoms with Crippen LogP contribution in [0.2, 0.25) is 0 Å². The summed E-state index contributed by atoms with van der Waals surface area (Å²) in [6.45, 7) is 0. The molecule has 0 aliphatic heterocycles. The molecule has 15 heavy (non-hydrogen) atoms. The van der Waals surface area contributed by atoms with Gasteiger partial charge in [-0.2, -0.15) is 0 Å². The van der Waals surface area contributed by atoms with Crippen LogP contribution in [0.4, 0.5) is 0 Å². The number of hydrogen-bond donors (Lipinski definition) is 2. The number of furan rings is 1. The molecule has 2 amide bonds. The molecule has 6 heteroatoms. The molecule has 6 nitrogen and oxygen atoms in total. The zero-order valence-corrected chi connectivity index (χ0v) is 7.56. The molecule has 2 aromatic heterocycles. The van der Waals surface area contributed by atoms with Gasteiger partial charge in [0.1, 0.15) is 11.2 Å². The standard InChI is InChI=1S/C9H7N3O3/c10-8(13)4-1-2-6-5(12-4)3-7(15-6)9(11)14/h1-3H,(H2,10,13)(H2,11,14). The first-order valence-electron chi connectivity index (χ1n) is 4.08. The third-order valence-corrected chi connectivity index (χ3v) is 1.87. The lowest BCUT2D eigenvalue weighted by atomic mass is 10.3. The van der Waals surface area contributed by atoms with Crippen LogP contribution >= 0.6 is 0 Å². The fraction of sp³-hybridized carbons (Fsp3) is 0. The second-order valence-corrected chi connectivity index (χ2v) is 2.92. The average molecular weight is 205 g/mol.